The molecule has 28 heavy (non-hydrogen) atoms. The van der Waals surface area contributed by atoms with E-state index in [9.17, 15) is 4.79 Å². The molecule has 0 bridgehead atoms. The van der Waals surface area contributed by atoms with Crippen LogP contribution < -0.4 is 20.9 Å². The lowest BCUT2D eigenvalue weighted by molar-refractivity contribution is -0.123. The first-order chi connectivity index (χ1) is 13.7. The second-order valence-electron chi connectivity index (χ2n) is 6.02. The van der Waals surface area contributed by atoms with Gasteiger partial charge in [-0.1, -0.05) is 72.8 Å². The van der Waals surface area contributed by atoms with Gasteiger partial charge < -0.3 is 10.1 Å². The number of rotatable bonds is 6. The molecule has 3 N–H and O–H groups in total. The van der Waals surface area contributed by atoms with Crippen LogP contribution in [0.3, 0.4) is 0 Å². The van der Waals surface area contributed by atoms with E-state index < -0.39 is 0 Å². The molecule has 0 saturated heterocycles. The number of hydrogen-bond donors (Lipinski definition) is 3. The summed E-state index contributed by atoms with van der Waals surface area (Å²) in [5, 5.41) is 3.35. The van der Waals surface area contributed by atoms with Crippen LogP contribution in [-0.2, 0) is 11.3 Å². The fraction of sp³-hybridized carbons (Fsp3) is 0.0909. The van der Waals surface area contributed by atoms with E-state index in [1.165, 1.54) is 0 Å². The Bertz CT molecular complexity index is 900. The fourth-order valence-electron chi connectivity index (χ4n) is 2.51. The summed E-state index contributed by atoms with van der Waals surface area (Å²) < 4.78 is 5.50. The van der Waals surface area contributed by atoms with Crippen LogP contribution in [0.15, 0.2) is 84.9 Å². The predicted octanol–water partition coefficient (Wildman–Crippen LogP) is 3.43. The SMILES string of the molecule is O=C(COc1ccc(-c2ccccc2)cc1)NNC(=S)NCc1ccccc1. The minimum atomic E-state index is -0.323. The lowest BCUT2D eigenvalue weighted by atomic mass is 10.1. The van der Waals surface area contributed by atoms with Crippen LogP contribution in [0.5, 0.6) is 5.75 Å². The second kappa shape index (κ2) is 10.1. The number of carbonyl (C=O) groups excluding carboxylic acids is 1. The number of carbonyl (C=O) groups is 1. The third-order valence-corrected chi connectivity index (χ3v) is 4.19. The van der Waals surface area contributed by atoms with Crippen LogP contribution in [0.2, 0.25) is 0 Å². The molecule has 0 aliphatic carbocycles. The lowest BCUT2D eigenvalue weighted by Crippen LogP contribution is -2.48. The van der Waals surface area contributed by atoms with Crippen molar-refractivity contribution in [2.24, 2.45) is 0 Å². The first kappa shape index (κ1) is 19.4. The molecule has 0 spiro atoms. The number of hydrazine groups is 1. The number of nitrogens with one attached hydrogen (secondary N) is 3. The van der Waals surface area contributed by atoms with Crippen LogP contribution >= 0.6 is 12.2 Å². The molecule has 0 fully saturated rings. The van der Waals surface area contributed by atoms with E-state index in [0.717, 1.165) is 16.7 Å². The highest BCUT2D eigenvalue weighted by Crippen LogP contribution is 2.21. The molecule has 142 valence electrons. The Kier molecular flexibility index (Phi) is 6.98. The van der Waals surface area contributed by atoms with E-state index in [1.54, 1.807) is 0 Å². The first-order valence-electron chi connectivity index (χ1n) is 8.85. The van der Waals surface area contributed by atoms with Crippen molar-refractivity contribution in [3.63, 3.8) is 0 Å². The largest absolute Gasteiger partial charge is 0.484 e. The molecule has 3 rings (SSSR count). The van der Waals surface area contributed by atoms with Crippen LogP contribution in [0, 0.1) is 0 Å². The molecule has 1 amide bonds. The Balaban J connectivity index is 1.37. The summed E-state index contributed by atoms with van der Waals surface area (Å²) in [5.41, 5.74) is 8.49. The second-order valence-corrected chi connectivity index (χ2v) is 6.43. The van der Waals surface area contributed by atoms with Gasteiger partial charge >= 0.3 is 0 Å². The van der Waals surface area contributed by atoms with Gasteiger partial charge in [-0.25, -0.2) is 0 Å². The van der Waals surface area contributed by atoms with Crippen molar-refractivity contribution in [3.8, 4) is 16.9 Å². The third kappa shape index (κ3) is 6.10. The highest BCUT2D eigenvalue weighted by atomic mass is 32.1. The summed E-state index contributed by atoms with van der Waals surface area (Å²) in [6.07, 6.45) is 0. The van der Waals surface area contributed by atoms with Crippen molar-refractivity contribution >= 4 is 23.2 Å². The molecule has 0 unspecified atom stereocenters. The number of benzene rings is 3. The molecule has 5 nitrogen and oxygen atoms in total. The smallest absolute Gasteiger partial charge is 0.276 e. The molecule has 6 heteroatoms. The quantitative estimate of drug-likeness (QED) is 0.444. The minimum absolute atomic E-state index is 0.112. The summed E-state index contributed by atoms with van der Waals surface area (Å²) >= 11 is 5.13. The zero-order chi connectivity index (χ0) is 19.6. The summed E-state index contributed by atoms with van der Waals surface area (Å²) in [5.74, 6) is 0.301. The molecule has 3 aromatic carbocycles. The van der Waals surface area contributed by atoms with E-state index in [1.807, 2.05) is 84.9 Å². The highest BCUT2D eigenvalue weighted by molar-refractivity contribution is 7.80. The van der Waals surface area contributed by atoms with Gasteiger partial charge in [0.1, 0.15) is 5.75 Å². The maximum absolute atomic E-state index is 11.9. The van der Waals surface area contributed by atoms with Crippen LogP contribution in [-0.4, -0.2) is 17.6 Å². The monoisotopic (exact) mass is 391 g/mol. The topological polar surface area (TPSA) is 62.4 Å². The summed E-state index contributed by atoms with van der Waals surface area (Å²) in [6.45, 7) is 0.464. The standard InChI is InChI=1S/C22H21N3O2S/c26-21(24-25-22(28)23-15-17-7-3-1-4-8-17)16-27-20-13-11-19(12-14-20)18-9-5-2-6-10-18/h1-14H,15-16H2,(H,24,26)(H2,23,25,28). The van der Waals surface area contributed by atoms with E-state index in [4.69, 9.17) is 17.0 Å². The van der Waals surface area contributed by atoms with Gasteiger partial charge in [0, 0.05) is 6.54 Å². The summed E-state index contributed by atoms with van der Waals surface area (Å²) in [7, 11) is 0. The molecule has 0 aliphatic heterocycles. The fourth-order valence-corrected chi connectivity index (χ4v) is 2.63. The predicted molar refractivity (Wildman–Crippen MR) is 115 cm³/mol. The van der Waals surface area contributed by atoms with Crippen LogP contribution in [0.4, 0.5) is 0 Å². The summed E-state index contributed by atoms with van der Waals surface area (Å²) in [6, 6.07) is 27.5. The first-order valence-corrected chi connectivity index (χ1v) is 9.26. The average molecular weight is 391 g/mol. The molecule has 0 saturated carbocycles. The molecule has 0 atom stereocenters. The third-order valence-electron chi connectivity index (χ3n) is 3.94. The van der Waals surface area contributed by atoms with Crippen molar-refractivity contribution < 1.29 is 9.53 Å². The van der Waals surface area contributed by atoms with Crippen molar-refractivity contribution in [1.29, 1.82) is 0 Å². The van der Waals surface area contributed by atoms with Gasteiger partial charge in [-0.3, -0.25) is 15.6 Å². The van der Waals surface area contributed by atoms with E-state index in [2.05, 4.69) is 16.2 Å². The van der Waals surface area contributed by atoms with Gasteiger partial charge in [-0.05, 0) is 41.0 Å². The molecule has 0 radical (unpaired) electrons. The maximum atomic E-state index is 11.9. The Morgan fingerprint density at radius 3 is 2.07 bits per heavy atom. The Morgan fingerprint density at radius 1 is 0.786 bits per heavy atom. The zero-order valence-corrected chi connectivity index (χ0v) is 16.0. The van der Waals surface area contributed by atoms with Gasteiger partial charge in [0.15, 0.2) is 11.7 Å². The molecule has 0 heterocycles. The Labute approximate surface area is 169 Å². The zero-order valence-electron chi connectivity index (χ0n) is 15.2. The van der Waals surface area contributed by atoms with E-state index in [-0.39, 0.29) is 12.5 Å². The Morgan fingerprint density at radius 2 is 1.39 bits per heavy atom. The molecule has 0 aromatic heterocycles. The van der Waals surface area contributed by atoms with Gasteiger partial charge in [-0.15, -0.1) is 0 Å². The molecule has 3 aromatic rings. The highest BCUT2D eigenvalue weighted by Gasteiger charge is 2.04. The lowest BCUT2D eigenvalue weighted by Gasteiger charge is -2.12. The minimum Gasteiger partial charge on any atom is -0.484 e. The van der Waals surface area contributed by atoms with E-state index >= 15 is 0 Å². The van der Waals surface area contributed by atoms with Crippen molar-refractivity contribution in [1.82, 2.24) is 16.2 Å². The van der Waals surface area contributed by atoms with Crippen molar-refractivity contribution in [3.05, 3.63) is 90.5 Å². The molecular weight excluding hydrogens is 370 g/mol. The number of hydrogen-bond acceptors (Lipinski definition) is 3. The normalized spacial score (nSPS) is 10.0. The number of ether oxygens (including phenoxy) is 1. The van der Waals surface area contributed by atoms with Crippen molar-refractivity contribution in [2.75, 3.05) is 6.61 Å². The van der Waals surface area contributed by atoms with Crippen LogP contribution in [0.1, 0.15) is 5.56 Å². The maximum Gasteiger partial charge on any atom is 0.276 e. The average Bonchev–Trinajstić information content (AvgIpc) is 2.76. The van der Waals surface area contributed by atoms with Gasteiger partial charge in [0.05, 0.1) is 0 Å². The number of amides is 1. The number of thiocarbonyl (C=S) groups is 1. The van der Waals surface area contributed by atoms with Crippen LogP contribution in [0.25, 0.3) is 11.1 Å². The van der Waals surface area contributed by atoms with Gasteiger partial charge in [0.2, 0.25) is 0 Å². The molecule has 0 aliphatic rings. The van der Waals surface area contributed by atoms with Crippen molar-refractivity contribution in [2.45, 2.75) is 6.54 Å². The van der Waals surface area contributed by atoms with Gasteiger partial charge in [0.25, 0.3) is 5.91 Å². The van der Waals surface area contributed by atoms with Gasteiger partial charge in [-0.2, -0.15) is 0 Å². The van der Waals surface area contributed by atoms with E-state index in [0.29, 0.717) is 17.4 Å². The summed E-state index contributed by atoms with van der Waals surface area (Å²) in [4.78, 5) is 11.9. The molecular formula is C22H21N3O2S. The Hall–Kier alpha value is -3.38.